The van der Waals surface area contributed by atoms with Gasteiger partial charge in [-0.1, -0.05) is 45.0 Å². The highest BCUT2D eigenvalue weighted by Gasteiger charge is 2.35. The van der Waals surface area contributed by atoms with Crippen LogP contribution in [0.5, 0.6) is 5.75 Å². The second kappa shape index (κ2) is 8.92. The molecule has 1 amide bonds. The smallest absolute Gasteiger partial charge is 0.422 e. The molecule has 0 saturated heterocycles. The first-order valence-electron chi connectivity index (χ1n) is 11.6. The molecule has 190 valence electrons. The van der Waals surface area contributed by atoms with Gasteiger partial charge in [0.2, 0.25) is 0 Å². The summed E-state index contributed by atoms with van der Waals surface area (Å²) in [6.07, 6.45) is -4.49. The van der Waals surface area contributed by atoms with Crippen LogP contribution in [0.2, 0.25) is 0 Å². The molecular formula is C28H29F3N2O3. The molecule has 1 aromatic heterocycles. The molecule has 2 aromatic carbocycles. The lowest BCUT2D eigenvalue weighted by atomic mass is 9.89. The number of amides is 1. The van der Waals surface area contributed by atoms with E-state index in [4.69, 9.17) is 9.72 Å². The fourth-order valence-corrected chi connectivity index (χ4v) is 4.11. The number of hydrogen-bond acceptors (Lipinski definition) is 4. The van der Waals surface area contributed by atoms with Gasteiger partial charge in [-0.2, -0.15) is 13.2 Å². The van der Waals surface area contributed by atoms with Crippen LogP contribution in [-0.2, 0) is 17.6 Å². The number of pyridine rings is 1. The number of anilines is 1. The summed E-state index contributed by atoms with van der Waals surface area (Å²) in [4.78, 5) is 20.0. The Bertz CT molecular complexity index is 1290. The summed E-state index contributed by atoms with van der Waals surface area (Å²) in [5, 5.41) is 10.3. The van der Waals surface area contributed by atoms with Crippen molar-refractivity contribution in [1.82, 2.24) is 4.98 Å². The van der Waals surface area contributed by atoms with E-state index >= 15 is 0 Å². The molecule has 1 aliphatic rings. The molecule has 36 heavy (non-hydrogen) atoms. The van der Waals surface area contributed by atoms with Gasteiger partial charge in [0.25, 0.3) is 5.91 Å². The number of nitrogens with zero attached hydrogens (tertiary/aromatic N) is 2. The monoisotopic (exact) mass is 498 g/mol. The molecule has 0 saturated carbocycles. The molecule has 0 spiro atoms. The second-order valence-corrected chi connectivity index (χ2v) is 10.5. The molecule has 1 N–H and O–H groups in total. The van der Waals surface area contributed by atoms with Crippen LogP contribution in [-0.4, -0.2) is 28.8 Å². The van der Waals surface area contributed by atoms with Crippen molar-refractivity contribution >= 4 is 11.6 Å². The number of rotatable bonds is 5. The molecule has 0 radical (unpaired) electrons. The SMILES string of the molecule is CC(C)(C)c1cc2c(c(-c3ccccc3OCC(F)(F)F)n1)CN(c1ccc(C(C)(C)O)cc1)C2=O. The number of benzene rings is 2. The van der Waals surface area contributed by atoms with Crippen molar-refractivity contribution in [2.45, 2.75) is 58.4 Å². The van der Waals surface area contributed by atoms with Crippen molar-refractivity contribution in [3.05, 3.63) is 77.0 Å². The maximum Gasteiger partial charge on any atom is 0.422 e. The Morgan fingerprint density at radius 1 is 0.972 bits per heavy atom. The van der Waals surface area contributed by atoms with E-state index in [1.807, 2.05) is 20.8 Å². The molecule has 0 aliphatic carbocycles. The minimum Gasteiger partial charge on any atom is -0.483 e. The number of aromatic nitrogens is 1. The third-order valence-electron chi connectivity index (χ3n) is 6.10. The molecule has 0 bridgehead atoms. The molecule has 0 unspecified atom stereocenters. The Balaban J connectivity index is 1.81. The number of carbonyl (C=O) groups is 1. The third-order valence-corrected chi connectivity index (χ3v) is 6.10. The van der Waals surface area contributed by atoms with Crippen LogP contribution in [0.3, 0.4) is 0 Å². The molecule has 0 fully saturated rings. The number of para-hydroxylation sites is 1. The van der Waals surface area contributed by atoms with Crippen LogP contribution in [0.25, 0.3) is 11.3 Å². The number of hydrogen-bond donors (Lipinski definition) is 1. The van der Waals surface area contributed by atoms with E-state index in [2.05, 4.69) is 0 Å². The maximum atomic E-state index is 13.6. The van der Waals surface area contributed by atoms with Crippen molar-refractivity contribution in [3.63, 3.8) is 0 Å². The lowest BCUT2D eigenvalue weighted by Crippen LogP contribution is -2.23. The number of carbonyl (C=O) groups excluding carboxylic acids is 1. The number of alkyl halides is 3. The number of halogens is 3. The van der Waals surface area contributed by atoms with Crippen molar-refractivity contribution < 1.29 is 27.8 Å². The molecular weight excluding hydrogens is 469 g/mol. The van der Waals surface area contributed by atoms with E-state index in [0.717, 1.165) is 0 Å². The molecule has 1 aliphatic heterocycles. The Kier molecular flexibility index (Phi) is 6.37. The van der Waals surface area contributed by atoms with Gasteiger partial charge in [-0.3, -0.25) is 9.78 Å². The zero-order valence-corrected chi connectivity index (χ0v) is 20.9. The fraction of sp³-hybridized carbons (Fsp3) is 0.357. The quantitative estimate of drug-likeness (QED) is 0.444. The largest absolute Gasteiger partial charge is 0.483 e. The van der Waals surface area contributed by atoms with Crippen LogP contribution >= 0.6 is 0 Å². The predicted octanol–water partition coefficient (Wildman–Crippen LogP) is 6.38. The summed E-state index contributed by atoms with van der Waals surface area (Å²) >= 11 is 0. The van der Waals surface area contributed by atoms with E-state index in [-0.39, 0.29) is 18.2 Å². The fourth-order valence-electron chi connectivity index (χ4n) is 4.11. The zero-order valence-electron chi connectivity index (χ0n) is 20.9. The van der Waals surface area contributed by atoms with E-state index in [9.17, 15) is 23.1 Å². The summed E-state index contributed by atoms with van der Waals surface area (Å²) in [5.41, 5.74) is 2.50. The van der Waals surface area contributed by atoms with E-state index in [1.165, 1.54) is 6.07 Å². The third kappa shape index (κ3) is 5.23. The van der Waals surface area contributed by atoms with Gasteiger partial charge in [0.05, 0.1) is 17.8 Å². The van der Waals surface area contributed by atoms with Crippen LogP contribution < -0.4 is 9.64 Å². The first-order valence-corrected chi connectivity index (χ1v) is 11.6. The Morgan fingerprint density at radius 3 is 2.19 bits per heavy atom. The predicted molar refractivity (Wildman–Crippen MR) is 132 cm³/mol. The molecule has 3 aromatic rings. The standard InChI is InChI=1S/C28H29F3N2O3/c1-26(2,3)23-14-20-21(15-33(25(20)34)18-12-10-17(11-13-18)27(4,5)35)24(32-23)19-8-6-7-9-22(19)36-16-28(29,30)31/h6-14,35H,15-16H2,1-5H3. The van der Waals surface area contributed by atoms with E-state index in [1.54, 1.807) is 67.3 Å². The lowest BCUT2D eigenvalue weighted by molar-refractivity contribution is -0.153. The number of ether oxygens (including phenoxy) is 1. The summed E-state index contributed by atoms with van der Waals surface area (Å²) in [6.45, 7) is 8.03. The summed E-state index contributed by atoms with van der Waals surface area (Å²) in [6, 6.07) is 15.3. The van der Waals surface area contributed by atoms with Crippen molar-refractivity contribution in [2.24, 2.45) is 0 Å². The first-order chi connectivity index (χ1) is 16.6. The average Bonchev–Trinajstić information content (AvgIpc) is 3.12. The van der Waals surface area contributed by atoms with Gasteiger partial charge >= 0.3 is 6.18 Å². The zero-order chi connectivity index (χ0) is 26.5. The molecule has 0 atom stereocenters. The summed E-state index contributed by atoms with van der Waals surface area (Å²) in [7, 11) is 0. The Labute approximate surface area is 208 Å². The van der Waals surface area contributed by atoms with E-state index < -0.39 is 23.8 Å². The lowest BCUT2D eigenvalue weighted by Gasteiger charge is -2.21. The second-order valence-electron chi connectivity index (χ2n) is 10.5. The Morgan fingerprint density at radius 2 is 1.61 bits per heavy atom. The van der Waals surface area contributed by atoms with Gasteiger partial charge in [-0.25, -0.2) is 0 Å². The number of aliphatic hydroxyl groups is 1. The van der Waals surface area contributed by atoms with Crippen LogP contribution in [0.4, 0.5) is 18.9 Å². The van der Waals surface area contributed by atoms with E-state index in [0.29, 0.717) is 39.3 Å². The van der Waals surface area contributed by atoms with Gasteiger partial charge < -0.3 is 14.7 Å². The summed E-state index contributed by atoms with van der Waals surface area (Å²) in [5.74, 6) is -0.167. The number of fused-ring (bicyclic) bond motifs is 1. The normalized spacial score (nSPS) is 14.2. The van der Waals surface area contributed by atoms with Crippen LogP contribution in [0.15, 0.2) is 54.6 Å². The average molecular weight is 499 g/mol. The topological polar surface area (TPSA) is 62.7 Å². The Hall–Kier alpha value is -3.39. The molecule has 5 nitrogen and oxygen atoms in total. The first kappa shape index (κ1) is 25.7. The van der Waals surface area contributed by atoms with Gasteiger partial charge in [0, 0.05) is 33.5 Å². The molecule has 2 heterocycles. The van der Waals surface area contributed by atoms with Crippen molar-refractivity contribution in [1.29, 1.82) is 0 Å². The van der Waals surface area contributed by atoms with Gasteiger partial charge in [-0.05, 0) is 49.7 Å². The van der Waals surface area contributed by atoms with Crippen LogP contribution in [0, 0.1) is 0 Å². The van der Waals surface area contributed by atoms with Crippen LogP contribution in [0.1, 0.15) is 61.8 Å². The molecule has 8 heteroatoms. The van der Waals surface area contributed by atoms with Crippen molar-refractivity contribution in [3.8, 4) is 17.0 Å². The minimum atomic E-state index is -4.49. The summed E-state index contributed by atoms with van der Waals surface area (Å²) < 4.78 is 43.8. The minimum absolute atomic E-state index is 0.0519. The van der Waals surface area contributed by atoms with Gasteiger partial charge in [0.1, 0.15) is 5.75 Å². The molecule has 4 rings (SSSR count). The van der Waals surface area contributed by atoms with Crippen molar-refractivity contribution in [2.75, 3.05) is 11.5 Å². The highest BCUT2D eigenvalue weighted by molar-refractivity contribution is 6.11. The van der Waals surface area contributed by atoms with Gasteiger partial charge in [-0.15, -0.1) is 0 Å². The van der Waals surface area contributed by atoms with Gasteiger partial charge in [0.15, 0.2) is 6.61 Å². The highest BCUT2D eigenvalue weighted by Crippen LogP contribution is 2.40. The maximum absolute atomic E-state index is 13.6. The highest BCUT2D eigenvalue weighted by atomic mass is 19.4.